The summed E-state index contributed by atoms with van der Waals surface area (Å²) in [5, 5.41) is 2.23. The number of carbonyl (C=O) groups excluding carboxylic acids is 2. The van der Waals surface area contributed by atoms with Crippen molar-refractivity contribution in [3.63, 3.8) is 0 Å². The van der Waals surface area contributed by atoms with E-state index in [-0.39, 0.29) is 18.4 Å². The molecule has 0 aromatic rings. The zero-order valence-corrected chi connectivity index (χ0v) is 11.8. The molecule has 2 aliphatic rings. The van der Waals surface area contributed by atoms with E-state index < -0.39 is 0 Å². The first-order valence-corrected chi connectivity index (χ1v) is 7.20. The van der Waals surface area contributed by atoms with Gasteiger partial charge in [-0.3, -0.25) is 14.9 Å². The first kappa shape index (κ1) is 14.3. The van der Waals surface area contributed by atoms with Crippen molar-refractivity contribution >= 4 is 11.8 Å². The number of amides is 2. The van der Waals surface area contributed by atoms with E-state index in [4.69, 9.17) is 4.74 Å². The third-order valence-electron chi connectivity index (χ3n) is 4.21. The largest absolute Gasteiger partial charge is 0.376 e. The van der Waals surface area contributed by atoms with E-state index in [0.29, 0.717) is 18.1 Å². The van der Waals surface area contributed by atoms with Crippen molar-refractivity contribution in [2.45, 2.75) is 39.5 Å². The van der Waals surface area contributed by atoms with Gasteiger partial charge in [0, 0.05) is 18.3 Å². The van der Waals surface area contributed by atoms with Crippen molar-refractivity contribution < 1.29 is 14.3 Å². The molecular weight excluding hydrogens is 242 g/mol. The molecule has 1 saturated carbocycles. The van der Waals surface area contributed by atoms with Crippen molar-refractivity contribution in [2.24, 2.45) is 17.8 Å². The Kier molecular flexibility index (Phi) is 4.75. The summed E-state index contributed by atoms with van der Waals surface area (Å²) in [6.45, 7) is 5.52. The van der Waals surface area contributed by atoms with E-state index in [1.54, 1.807) is 0 Å². The van der Waals surface area contributed by atoms with Gasteiger partial charge in [0.2, 0.25) is 0 Å². The van der Waals surface area contributed by atoms with Crippen LogP contribution in [-0.4, -0.2) is 25.0 Å². The van der Waals surface area contributed by atoms with Gasteiger partial charge >= 0.3 is 0 Å². The third kappa shape index (κ3) is 3.90. The predicted molar refractivity (Wildman–Crippen MR) is 72.3 cm³/mol. The minimum Gasteiger partial charge on any atom is -0.376 e. The molecule has 2 atom stereocenters. The van der Waals surface area contributed by atoms with Crippen LogP contribution in [0.4, 0.5) is 0 Å². The second-order valence-electron chi connectivity index (χ2n) is 6.04. The number of ether oxygens (including phenoxy) is 1. The van der Waals surface area contributed by atoms with Crippen LogP contribution in [0.15, 0.2) is 11.6 Å². The van der Waals surface area contributed by atoms with Crippen LogP contribution >= 0.6 is 0 Å². The SMILES string of the molecule is CC(C)C1CCC[C@H](COCC2=CC(=O)NC2=O)C1. The lowest BCUT2D eigenvalue weighted by Gasteiger charge is -2.31. The molecule has 106 valence electrons. The van der Waals surface area contributed by atoms with Gasteiger partial charge in [0.05, 0.1) is 6.61 Å². The monoisotopic (exact) mass is 265 g/mol. The number of rotatable bonds is 5. The van der Waals surface area contributed by atoms with E-state index in [1.165, 1.54) is 31.8 Å². The van der Waals surface area contributed by atoms with Crippen LogP contribution in [0.1, 0.15) is 39.5 Å². The molecule has 0 bridgehead atoms. The molecule has 1 unspecified atom stereocenters. The summed E-state index contributed by atoms with van der Waals surface area (Å²) < 4.78 is 5.62. The average molecular weight is 265 g/mol. The predicted octanol–water partition coefficient (Wildman–Crippen LogP) is 2.05. The Hall–Kier alpha value is -1.16. The van der Waals surface area contributed by atoms with E-state index in [9.17, 15) is 9.59 Å². The highest BCUT2D eigenvalue weighted by molar-refractivity contribution is 6.16. The van der Waals surface area contributed by atoms with Crippen LogP contribution in [0.25, 0.3) is 0 Å². The van der Waals surface area contributed by atoms with E-state index in [0.717, 1.165) is 11.8 Å². The zero-order valence-electron chi connectivity index (χ0n) is 11.8. The normalized spacial score (nSPS) is 27.6. The second-order valence-corrected chi connectivity index (χ2v) is 6.04. The second kappa shape index (κ2) is 6.33. The third-order valence-corrected chi connectivity index (χ3v) is 4.21. The molecule has 0 aromatic heterocycles. The van der Waals surface area contributed by atoms with Gasteiger partial charge in [0.1, 0.15) is 0 Å². The molecule has 1 aliphatic heterocycles. The minimum absolute atomic E-state index is 0.250. The van der Waals surface area contributed by atoms with Crippen LogP contribution in [-0.2, 0) is 14.3 Å². The van der Waals surface area contributed by atoms with Crippen LogP contribution in [0.5, 0.6) is 0 Å². The van der Waals surface area contributed by atoms with Crippen LogP contribution in [0, 0.1) is 17.8 Å². The summed E-state index contributed by atoms with van der Waals surface area (Å²) in [6, 6.07) is 0. The molecule has 2 amide bonds. The Morgan fingerprint density at radius 2 is 2.16 bits per heavy atom. The summed E-state index contributed by atoms with van der Waals surface area (Å²) in [5.41, 5.74) is 0.446. The van der Waals surface area contributed by atoms with Gasteiger partial charge in [-0.1, -0.05) is 26.7 Å². The van der Waals surface area contributed by atoms with Crippen LogP contribution in [0.3, 0.4) is 0 Å². The van der Waals surface area contributed by atoms with Gasteiger partial charge in [-0.25, -0.2) is 0 Å². The Labute approximate surface area is 114 Å². The molecule has 0 saturated heterocycles. The van der Waals surface area contributed by atoms with Crippen molar-refractivity contribution in [3.8, 4) is 0 Å². The summed E-state index contributed by atoms with van der Waals surface area (Å²) in [4.78, 5) is 22.3. The van der Waals surface area contributed by atoms with Crippen LogP contribution in [0.2, 0.25) is 0 Å². The number of carbonyl (C=O) groups is 2. The Morgan fingerprint density at radius 3 is 2.79 bits per heavy atom. The highest BCUT2D eigenvalue weighted by Crippen LogP contribution is 2.33. The number of nitrogens with one attached hydrogen (secondary N) is 1. The summed E-state index contributed by atoms with van der Waals surface area (Å²) >= 11 is 0. The zero-order chi connectivity index (χ0) is 13.8. The molecule has 2 rings (SSSR count). The molecule has 1 aliphatic carbocycles. The van der Waals surface area contributed by atoms with Gasteiger partial charge in [-0.05, 0) is 30.6 Å². The Balaban J connectivity index is 1.72. The average Bonchev–Trinajstić information content (AvgIpc) is 2.68. The van der Waals surface area contributed by atoms with Gasteiger partial charge < -0.3 is 4.74 Å². The molecule has 0 aromatic carbocycles. The summed E-state index contributed by atoms with van der Waals surface area (Å²) in [5.74, 6) is 1.50. The maximum Gasteiger partial charge on any atom is 0.256 e. The van der Waals surface area contributed by atoms with Crippen molar-refractivity contribution in [2.75, 3.05) is 13.2 Å². The van der Waals surface area contributed by atoms with Gasteiger partial charge in [0.15, 0.2) is 0 Å². The highest BCUT2D eigenvalue weighted by Gasteiger charge is 2.25. The molecule has 19 heavy (non-hydrogen) atoms. The van der Waals surface area contributed by atoms with E-state index in [1.807, 2.05) is 0 Å². The number of hydrogen-bond acceptors (Lipinski definition) is 3. The molecule has 0 spiro atoms. The van der Waals surface area contributed by atoms with Gasteiger partial charge in [0.25, 0.3) is 11.8 Å². The number of hydrogen-bond donors (Lipinski definition) is 1. The van der Waals surface area contributed by atoms with Gasteiger partial charge in [-0.15, -0.1) is 0 Å². The standard InChI is InChI=1S/C15H23NO3/c1-10(2)12-5-3-4-11(6-12)8-19-9-13-7-14(17)16-15(13)18/h7,10-12H,3-6,8-9H2,1-2H3,(H,16,17,18)/t11-,12?/m0/s1. The minimum atomic E-state index is -0.332. The fraction of sp³-hybridized carbons (Fsp3) is 0.733. The van der Waals surface area contributed by atoms with Crippen LogP contribution < -0.4 is 5.32 Å². The lowest BCUT2D eigenvalue weighted by Crippen LogP contribution is -2.25. The van der Waals surface area contributed by atoms with Gasteiger partial charge in [-0.2, -0.15) is 0 Å². The Bertz CT molecular complexity index is 387. The molecule has 1 heterocycles. The molecule has 4 nitrogen and oxygen atoms in total. The molecular formula is C15H23NO3. The fourth-order valence-corrected chi connectivity index (χ4v) is 2.98. The first-order chi connectivity index (χ1) is 9.06. The highest BCUT2D eigenvalue weighted by atomic mass is 16.5. The molecule has 1 fully saturated rings. The Morgan fingerprint density at radius 1 is 1.37 bits per heavy atom. The van der Waals surface area contributed by atoms with Crippen molar-refractivity contribution in [1.82, 2.24) is 5.32 Å². The fourth-order valence-electron chi connectivity index (χ4n) is 2.98. The smallest absolute Gasteiger partial charge is 0.256 e. The van der Waals surface area contributed by atoms with E-state index >= 15 is 0 Å². The topological polar surface area (TPSA) is 55.4 Å². The molecule has 1 N–H and O–H groups in total. The lowest BCUT2D eigenvalue weighted by molar-refractivity contribution is -0.124. The van der Waals surface area contributed by atoms with E-state index in [2.05, 4.69) is 19.2 Å². The molecule has 0 radical (unpaired) electrons. The lowest BCUT2D eigenvalue weighted by atomic mass is 9.76. The summed E-state index contributed by atoms with van der Waals surface area (Å²) in [7, 11) is 0. The first-order valence-electron chi connectivity index (χ1n) is 7.20. The molecule has 4 heteroatoms. The van der Waals surface area contributed by atoms with Crippen molar-refractivity contribution in [1.29, 1.82) is 0 Å². The number of imide groups is 1. The summed E-state index contributed by atoms with van der Waals surface area (Å²) in [6.07, 6.45) is 6.38. The quantitative estimate of drug-likeness (QED) is 0.774. The van der Waals surface area contributed by atoms with Crippen molar-refractivity contribution in [3.05, 3.63) is 11.6 Å². The maximum absolute atomic E-state index is 11.3. The maximum atomic E-state index is 11.3.